The third-order valence-electron chi connectivity index (χ3n) is 4.05. The highest BCUT2D eigenvalue weighted by Crippen LogP contribution is 2.37. The van der Waals surface area contributed by atoms with Gasteiger partial charge in [-0.15, -0.1) is 0 Å². The fraction of sp³-hybridized carbons (Fsp3) is 0.0526. The molecule has 2 aromatic carbocycles. The Bertz CT molecular complexity index is 1010. The number of methoxy groups -OCH3 is 1. The molecule has 118 valence electrons. The number of hydrogen-bond acceptors (Lipinski definition) is 4. The zero-order chi connectivity index (χ0) is 16.5. The van der Waals surface area contributed by atoms with E-state index in [1.54, 1.807) is 13.3 Å². The summed E-state index contributed by atoms with van der Waals surface area (Å²) >= 11 is 0. The Balaban J connectivity index is 2.00. The topological polar surface area (TPSA) is 76.8 Å². The second kappa shape index (κ2) is 5.70. The summed E-state index contributed by atoms with van der Waals surface area (Å²) in [6.07, 6.45) is 1.78. The summed E-state index contributed by atoms with van der Waals surface area (Å²) in [6, 6.07) is 17.6. The summed E-state index contributed by atoms with van der Waals surface area (Å²) in [5.74, 6) is 0.776. The Kier molecular flexibility index (Phi) is 3.39. The number of para-hydroxylation sites is 1. The van der Waals surface area contributed by atoms with Gasteiger partial charge in [-0.05, 0) is 41.5 Å². The van der Waals surface area contributed by atoms with Gasteiger partial charge in [-0.2, -0.15) is 5.10 Å². The molecule has 0 amide bonds. The van der Waals surface area contributed by atoms with Crippen LogP contribution in [0.4, 0.5) is 5.69 Å². The maximum atomic E-state index is 5.81. The first-order valence-corrected chi connectivity index (χ1v) is 7.60. The number of rotatable bonds is 3. The summed E-state index contributed by atoms with van der Waals surface area (Å²) in [4.78, 5) is 4.40. The molecule has 5 heteroatoms. The van der Waals surface area contributed by atoms with Gasteiger partial charge in [-0.3, -0.25) is 5.10 Å². The third kappa shape index (κ3) is 2.27. The minimum Gasteiger partial charge on any atom is -0.496 e. The van der Waals surface area contributed by atoms with Crippen molar-refractivity contribution in [3.8, 4) is 28.1 Å². The molecule has 5 nitrogen and oxygen atoms in total. The Morgan fingerprint density at radius 2 is 1.75 bits per heavy atom. The fourth-order valence-corrected chi connectivity index (χ4v) is 2.89. The van der Waals surface area contributed by atoms with E-state index in [2.05, 4.69) is 15.2 Å². The van der Waals surface area contributed by atoms with E-state index in [0.717, 1.165) is 44.9 Å². The van der Waals surface area contributed by atoms with Crippen LogP contribution >= 0.6 is 0 Å². The molecule has 0 spiro atoms. The Hall–Kier alpha value is -3.34. The molecule has 0 unspecified atom stereocenters. The van der Waals surface area contributed by atoms with Gasteiger partial charge in [0, 0.05) is 17.4 Å². The van der Waals surface area contributed by atoms with E-state index < -0.39 is 0 Å². The van der Waals surface area contributed by atoms with Crippen LogP contribution in [0.2, 0.25) is 0 Å². The molecular formula is C19H16N4O. The monoisotopic (exact) mass is 316 g/mol. The van der Waals surface area contributed by atoms with Crippen LogP contribution in [0.3, 0.4) is 0 Å². The minimum absolute atomic E-state index is 0.737. The van der Waals surface area contributed by atoms with Gasteiger partial charge in [0.05, 0.1) is 12.5 Å². The van der Waals surface area contributed by atoms with Gasteiger partial charge >= 0.3 is 0 Å². The number of pyridine rings is 1. The van der Waals surface area contributed by atoms with E-state index in [-0.39, 0.29) is 0 Å². The molecule has 4 rings (SSSR count). The molecule has 0 saturated heterocycles. The van der Waals surface area contributed by atoms with Crippen LogP contribution in [0, 0.1) is 0 Å². The second-order valence-electron chi connectivity index (χ2n) is 5.48. The highest BCUT2D eigenvalue weighted by Gasteiger charge is 2.17. The van der Waals surface area contributed by atoms with Crippen LogP contribution in [0.1, 0.15) is 0 Å². The molecule has 3 N–H and O–H groups in total. The zero-order valence-corrected chi connectivity index (χ0v) is 13.2. The maximum absolute atomic E-state index is 5.81. The molecule has 0 atom stereocenters. The molecule has 2 heterocycles. The number of hydrogen-bond donors (Lipinski definition) is 2. The molecule has 0 saturated carbocycles. The highest BCUT2D eigenvalue weighted by atomic mass is 16.5. The molecule has 0 radical (unpaired) electrons. The number of ether oxygens (including phenoxy) is 1. The molecule has 0 aliphatic rings. The first-order chi connectivity index (χ1) is 11.8. The van der Waals surface area contributed by atoms with Crippen LogP contribution in [0.25, 0.3) is 33.4 Å². The van der Waals surface area contributed by atoms with Crippen molar-refractivity contribution in [1.29, 1.82) is 0 Å². The van der Waals surface area contributed by atoms with Gasteiger partial charge in [0.15, 0.2) is 5.65 Å². The van der Waals surface area contributed by atoms with Crippen LogP contribution < -0.4 is 10.5 Å². The number of fused-ring (bicyclic) bond motifs is 1. The summed E-state index contributed by atoms with van der Waals surface area (Å²) in [6.45, 7) is 0. The Morgan fingerprint density at radius 1 is 0.958 bits per heavy atom. The zero-order valence-electron chi connectivity index (χ0n) is 13.2. The van der Waals surface area contributed by atoms with Crippen LogP contribution in [-0.2, 0) is 0 Å². The van der Waals surface area contributed by atoms with E-state index in [0.29, 0.717) is 0 Å². The number of benzene rings is 2. The number of aromatic nitrogens is 3. The first kappa shape index (κ1) is 14.3. The number of aromatic amines is 1. The predicted octanol–water partition coefficient (Wildman–Crippen LogP) is 3.88. The molecule has 0 fully saturated rings. The van der Waals surface area contributed by atoms with Gasteiger partial charge < -0.3 is 10.5 Å². The standard InChI is InChI=1S/C19H16N4O/c1-24-16-5-3-2-4-15(16)18-17-14(10-11-21-19(17)23-22-18)12-6-8-13(20)9-7-12/h2-11H,20H2,1H3,(H,21,22,23). The average molecular weight is 316 g/mol. The third-order valence-corrected chi connectivity index (χ3v) is 4.05. The maximum Gasteiger partial charge on any atom is 0.156 e. The van der Waals surface area contributed by atoms with Crippen molar-refractivity contribution in [2.45, 2.75) is 0 Å². The summed E-state index contributed by atoms with van der Waals surface area (Å²) in [5, 5.41) is 8.47. The number of H-pyrrole nitrogens is 1. The summed E-state index contributed by atoms with van der Waals surface area (Å²) in [7, 11) is 1.66. The van der Waals surface area contributed by atoms with Gasteiger partial charge in [0.1, 0.15) is 11.4 Å². The number of nitrogens with two attached hydrogens (primary N) is 1. The number of nitrogen functional groups attached to an aromatic ring is 1. The van der Waals surface area contributed by atoms with E-state index in [1.165, 1.54) is 0 Å². The molecule has 24 heavy (non-hydrogen) atoms. The lowest BCUT2D eigenvalue weighted by atomic mass is 9.99. The fourth-order valence-electron chi connectivity index (χ4n) is 2.89. The molecule has 2 aromatic heterocycles. The van der Waals surface area contributed by atoms with E-state index in [9.17, 15) is 0 Å². The highest BCUT2D eigenvalue weighted by molar-refractivity contribution is 6.03. The van der Waals surface area contributed by atoms with E-state index in [1.807, 2.05) is 54.6 Å². The van der Waals surface area contributed by atoms with Crippen LogP contribution in [0.15, 0.2) is 60.8 Å². The quantitative estimate of drug-likeness (QED) is 0.562. The molecule has 4 aromatic rings. The van der Waals surface area contributed by atoms with Crippen molar-refractivity contribution in [3.05, 3.63) is 60.8 Å². The summed E-state index contributed by atoms with van der Waals surface area (Å²) < 4.78 is 5.49. The van der Waals surface area contributed by atoms with Crippen LogP contribution in [0.5, 0.6) is 5.75 Å². The SMILES string of the molecule is COc1ccccc1-c1n[nH]c2nccc(-c3ccc(N)cc3)c12. The minimum atomic E-state index is 0.737. The molecule has 0 bridgehead atoms. The van der Waals surface area contributed by atoms with Crippen molar-refractivity contribution in [3.63, 3.8) is 0 Å². The van der Waals surface area contributed by atoms with Gasteiger partial charge in [0.2, 0.25) is 0 Å². The number of nitrogens with zero attached hydrogens (tertiary/aromatic N) is 2. The van der Waals surface area contributed by atoms with E-state index >= 15 is 0 Å². The number of anilines is 1. The lowest BCUT2D eigenvalue weighted by Gasteiger charge is -2.08. The van der Waals surface area contributed by atoms with Crippen molar-refractivity contribution in [1.82, 2.24) is 15.2 Å². The van der Waals surface area contributed by atoms with Crippen molar-refractivity contribution in [2.24, 2.45) is 0 Å². The normalized spacial score (nSPS) is 10.9. The predicted molar refractivity (Wildman–Crippen MR) is 95.7 cm³/mol. The van der Waals surface area contributed by atoms with Crippen molar-refractivity contribution < 1.29 is 4.74 Å². The first-order valence-electron chi connectivity index (χ1n) is 7.60. The van der Waals surface area contributed by atoms with Gasteiger partial charge in [-0.25, -0.2) is 4.98 Å². The van der Waals surface area contributed by atoms with E-state index in [4.69, 9.17) is 10.5 Å². The summed E-state index contributed by atoms with van der Waals surface area (Å²) in [5.41, 5.74) is 11.2. The molecule has 0 aliphatic carbocycles. The van der Waals surface area contributed by atoms with Gasteiger partial charge in [-0.1, -0.05) is 24.3 Å². The molecular weight excluding hydrogens is 300 g/mol. The average Bonchev–Trinajstić information content (AvgIpc) is 3.06. The Morgan fingerprint density at radius 3 is 2.54 bits per heavy atom. The lowest BCUT2D eigenvalue weighted by molar-refractivity contribution is 0.416. The largest absolute Gasteiger partial charge is 0.496 e. The second-order valence-corrected chi connectivity index (χ2v) is 5.48. The lowest BCUT2D eigenvalue weighted by Crippen LogP contribution is -1.89. The van der Waals surface area contributed by atoms with Crippen molar-refractivity contribution in [2.75, 3.05) is 12.8 Å². The Labute approximate surface area is 139 Å². The van der Waals surface area contributed by atoms with Gasteiger partial charge in [0.25, 0.3) is 0 Å². The van der Waals surface area contributed by atoms with Crippen LogP contribution in [-0.4, -0.2) is 22.3 Å². The van der Waals surface area contributed by atoms with Crippen molar-refractivity contribution >= 4 is 16.7 Å². The number of nitrogens with one attached hydrogen (secondary N) is 1. The smallest absolute Gasteiger partial charge is 0.156 e. The molecule has 0 aliphatic heterocycles.